The molecular formula is C31H51NO8. The van der Waals surface area contributed by atoms with Gasteiger partial charge >= 0.3 is 18.0 Å². The first-order valence-corrected chi connectivity index (χ1v) is 14.2. The van der Waals surface area contributed by atoms with E-state index in [4.69, 9.17) is 14.2 Å². The molecule has 0 aromatic heterocycles. The Morgan fingerprint density at radius 3 is 2.12 bits per heavy atom. The number of hydrogen-bond donors (Lipinski definition) is 3. The van der Waals surface area contributed by atoms with Gasteiger partial charge in [0.25, 0.3) is 0 Å². The third-order valence-electron chi connectivity index (χ3n) is 6.75. The lowest BCUT2D eigenvalue weighted by molar-refractivity contribution is -0.145. The number of aliphatic carboxylic acids is 1. The number of carboxylic acid groups (broad SMARTS) is 1. The van der Waals surface area contributed by atoms with Crippen LogP contribution in [0.5, 0.6) is 5.75 Å². The smallest absolute Gasteiger partial charge is 0.407 e. The molecule has 0 aliphatic heterocycles. The van der Waals surface area contributed by atoms with E-state index in [1.807, 2.05) is 18.2 Å². The Hall–Kier alpha value is -2.81. The van der Waals surface area contributed by atoms with E-state index in [0.717, 1.165) is 11.1 Å². The first kappa shape index (κ1) is 35.2. The summed E-state index contributed by atoms with van der Waals surface area (Å²) in [5.74, 6) is -1.55. The SMILES string of the molecule is CCOC(=O)COc1cc(C(C)(C)C)ccc1C[C@@H](C[C@H](NC(=O)OC(C)(C)C)[C@@H](O)CC(C)C(=O)O)C(C)C. The summed E-state index contributed by atoms with van der Waals surface area (Å²) in [4.78, 5) is 36.2. The zero-order valence-corrected chi connectivity index (χ0v) is 26.0. The number of carbonyl (C=O) groups is 3. The predicted molar refractivity (Wildman–Crippen MR) is 155 cm³/mol. The monoisotopic (exact) mass is 565 g/mol. The van der Waals surface area contributed by atoms with Gasteiger partial charge in [-0.1, -0.05) is 53.7 Å². The molecule has 0 spiro atoms. The van der Waals surface area contributed by atoms with Crippen molar-refractivity contribution in [2.45, 2.75) is 112 Å². The van der Waals surface area contributed by atoms with Crippen molar-refractivity contribution in [3.05, 3.63) is 29.3 Å². The quantitative estimate of drug-likeness (QED) is 0.252. The summed E-state index contributed by atoms with van der Waals surface area (Å²) in [5, 5.41) is 23.2. The Balaban J connectivity index is 3.32. The van der Waals surface area contributed by atoms with E-state index in [1.54, 1.807) is 27.7 Å². The molecule has 0 radical (unpaired) electrons. The Labute approximate surface area is 240 Å². The second kappa shape index (κ2) is 15.3. The van der Waals surface area contributed by atoms with Gasteiger partial charge in [0.05, 0.1) is 24.7 Å². The van der Waals surface area contributed by atoms with E-state index >= 15 is 0 Å². The maximum atomic E-state index is 12.7. The summed E-state index contributed by atoms with van der Waals surface area (Å²) in [6.45, 7) is 19.0. The number of ether oxygens (including phenoxy) is 3. The Bertz CT molecular complexity index is 977. The molecule has 9 heteroatoms. The minimum absolute atomic E-state index is 0.0191. The zero-order chi connectivity index (χ0) is 30.8. The van der Waals surface area contributed by atoms with Crippen molar-refractivity contribution < 1.29 is 38.8 Å². The van der Waals surface area contributed by atoms with Crippen molar-refractivity contribution >= 4 is 18.0 Å². The Morgan fingerprint density at radius 2 is 1.62 bits per heavy atom. The topological polar surface area (TPSA) is 131 Å². The number of rotatable bonds is 14. The highest BCUT2D eigenvalue weighted by Gasteiger charge is 2.31. The van der Waals surface area contributed by atoms with Crippen molar-refractivity contribution in [3.8, 4) is 5.75 Å². The highest BCUT2D eigenvalue weighted by molar-refractivity contribution is 5.71. The van der Waals surface area contributed by atoms with Gasteiger partial charge in [0.2, 0.25) is 0 Å². The molecule has 1 amide bonds. The lowest BCUT2D eigenvalue weighted by atomic mass is 9.80. The van der Waals surface area contributed by atoms with Crippen LogP contribution in [0.2, 0.25) is 0 Å². The molecule has 228 valence electrons. The number of amides is 1. The van der Waals surface area contributed by atoms with Crippen molar-refractivity contribution in [2.24, 2.45) is 17.8 Å². The molecule has 9 nitrogen and oxygen atoms in total. The second-order valence-electron chi connectivity index (χ2n) is 12.9. The molecule has 0 saturated carbocycles. The fourth-order valence-corrected chi connectivity index (χ4v) is 4.26. The molecule has 1 rings (SSSR count). The van der Waals surface area contributed by atoms with Crippen molar-refractivity contribution in [1.29, 1.82) is 0 Å². The third-order valence-corrected chi connectivity index (χ3v) is 6.75. The van der Waals surface area contributed by atoms with E-state index in [9.17, 15) is 24.6 Å². The molecule has 0 fully saturated rings. The van der Waals surface area contributed by atoms with E-state index < -0.39 is 41.7 Å². The Kier molecular flexibility index (Phi) is 13.4. The van der Waals surface area contributed by atoms with Crippen LogP contribution in [0.15, 0.2) is 18.2 Å². The first-order chi connectivity index (χ1) is 18.3. The summed E-state index contributed by atoms with van der Waals surface area (Å²) >= 11 is 0. The zero-order valence-electron chi connectivity index (χ0n) is 26.0. The summed E-state index contributed by atoms with van der Waals surface area (Å²) in [6.07, 6.45) is -0.858. The fourth-order valence-electron chi connectivity index (χ4n) is 4.26. The van der Waals surface area contributed by atoms with Crippen LogP contribution < -0.4 is 10.1 Å². The van der Waals surface area contributed by atoms with Gasteiger partial charge in [-0.25, -0.2) is 9.59 Å². The van der Waals surface area contributed by atoms with Gasteiger partial charge in [0, 0.05) is 0 Å². The van der Waals surface area contributed by atoms with Gasteiger partial charge < -0.3 is 29.7 Å². The van der Waals surface area contributed by atoms with Crippen LogP contribution in [0, 0.1) is 17.8 Å². The minimum Gasteiger partial charge on any atom is -0.482 e. The normalized spacial score (nSPS) is 15.1. The molecule has 1 aromatic carbocycles. The third kappa shape index (κ3) is 12.6. The average molecular weight is 566 g/mol. The number of aliphatic hydroxyl groups excluding tert-OH is 1. The summed E-state index contributed by atoms with van der Waals surface area (Å²) < 4.78 is 16.4. The lowest BCUT2D eigenvalue weighted by Crippen LogP contribution is -2.47. The maximum absolute atomic E-state index is 12.7. The first-order valence-electron chi connectivity index (χ1n) is 14.2. The van der Waals surface area contributed by atoms with Crippen LogP contribution in [0.25, 0.3) is 0 Å². The number of esters is 1. The Morgan fingerprint density at radius 1 is 1.00 bits per heavy atom. The molecule has 0 bridgehead atoms. The highest BCUT2D eigenvalue weighted by Crippen LogP contribution is 2.33. The van der Waals surface area contributed by atoms with Crippen LogP contribution in [0.1, 0.15) is 93.2 Å². The summed E-state index contributed by atoms with van der Waals surface area (Å²) in [5.41, 5.74) is 1.08. The van der Waals surface area contributed by atoms with Crippen LogP contribution in [0.3, 0.4) is 0 Å². The van der Waals surface area contributed by atoms with Gasteiger partial charge in [-0.15, -0.1) is 0 Å². The second-order valence-corrected chi connectivity index (χ2v) is 12.9. The van der Waals surface area contributed by atoms with Crippen LogP contribution in [0.4, 0.5) is 4.79 Å². The largest absolute Gasteiger partial charge is 0.482 e. The summed E-state index contributed by atoms with van der Waals surface area (Å²) in [7, 11) is 0. The highest BCUT2D eigenvalue weighted by atomic mass is 16.6. The molecule has 4 atom stereocenters. The van der Waals surface area contributed by atoms with E-state index in [0.29, 0.717) is 18.6 Å². The lowest BCUT2D eigenvalue weighted by Gasteiger charge is -2.32. The number of alkyl carbamates (subject to hydrolysis) is 1. The van der Waals surface area contributed by atoms with Crippen molar-refractivity contribution in [1.82, 2.24) is 5.32 Å². The molecule has 0 aliphatic carbocycles. The molecule has 1 aromatic rings. The van der Waals surface area contributed by atoms with Gasteiger partial charge in [0.1, 0.15) is 11.4 Å². The van der Waals surface area contributed by atoms with Gasteiger partial charge in [-0.2, -0.15) is 0 Å². The number of hydrogen-bond acceptors (Lipinski definition) is 7. The molecule has 0 aliphatic rings. The number of aliphatic hydroxyl groups is 1. The van der Waals surface area contributed by atoms with E-state index in [1.165, 1.54) is 6.92 Å². The minimum atomic E-state index is -1.09. The van der Waals surface area contributed by atoms with E-state index in [2.05, 4.69) is 39.9 Å². The molecule has 1 unspecified atom stereocenters. The van der Waals surface area contributed by atoms with Crippen molar-refractivity contribution in [3.63, 3.8) is 0 Å². The predicted octanol–water partition coefficient (Wildman–Crippen LogP) is 5.50. The van der Waals surface area contributed by atoms with Gasteiger partial charge in [-0.05, 0) is 81.4 Å². The van der Waals surface area contributed by atoms with Crippen LogP contribution >= 0.6 is 0 Å². The van der Waals surface area contributed by atoms with Gasteiger partial charge in [-0.3, -0.25) is 4.79 Å². The number of benzene rings is 1. The van der Waals surface area contributed by atoms with Gasteiger partial charge in [0.15, 0.2) is 6.61 Å². The molecule has 0 saturated heterocycles. The van der Waals surface area contributed by atoms with Crippen LogP contribution in [-0.4, -0.2) is 59.2 Å². The van der Waals surface area contributed by atoms with Crippen molar-refractivity contribution in [2.75, 3.05) is 13.2 Å². The number of nitrogens with one attached hydrogen (secondary N) is 1. The molecule has 3 N–H and O–H groups in total. The molecule has 0 heterocycles. The number of carbonyl (C=O) groups excluding carboxylic acids is 2. The fraction of sp³-hybridized carbons (Fsp3) is 0.710. The van der Waals surface area contributed by atoms with E-state index in [-0.39, 0.29) is 36.9 Å². The molecular weight excluding hydrogens is 514 g/mol. The number of carboxylic acids is 1. The summed E-state index contributed by atoms with van der Waals surface area (Å²) in [6, 6.07) is 5.26. The average Bonchev–Trinajstić information content (AvgIpc) is 2.80. The maximum Gasteiger partial charge on any atom is 0.407 e. The van der Waals surface area contributed by atoms with Crippen LogP contribution in [-0.2, 0) is 30.9 Å². The molecule has 40 heavy (non-hydrogen) atoms. The standard InChI is InChI=1S/C31H51NO8/c1-11-38-27(34)18-39-26-17-23(30(5,6)7)13-12-21(26)15-22(19(2)3)16-24(25(33)14-20(4)28(35)36)32-29(37)40-31(8,9)10/h12-13,17,19-20,22,24-25,33H,11,14-16,18H2,1-10H3,(H,32,37)(H,35,36)/t20?,22-,24-,25-/m0/s1.